The Labute approximate surface area is 112 Å². The molecule has 0 spiro atoms. The number of aliphatic hydroxyl groups is 1. The van der Waals surface area contributed by atoms with E-state index in [-0.39, 0.29) is 18.1 Å². The fourth-order valence-corrected chi connectivity index (χ4v) is 3.68. The predicted octanol–water partition coefficient (Wildman–Crippen LogP) is 2.52. The van der Waals surface area contributed by atoms with Crippen molar-refractivity contribution in [3.05, 3.63) is 21.4 Å². The highest BCUT2D eigenvalue weighted by Crippen LogP contribution is 2.30. The molecule has 1 aromatic rings. The smallest absolute Gasteiger partial charge is 0.252 e. The maximum absolute atomic E-state index is 12.2. The molecule has 0 saturated carbocycles. The molecule has 2 rings (SSSR count). The number of aliphatic hydroxyl groups excluding tert-OH is 1. The van der Waals surface area contributed by atoms with Crippen LogP contribution >= 0.6 is 11.3 Å². The third kappa shape index (κ3) is 3.12. The van der Waals surface area contributed by atoms with Gasteiger partial charge in [-0.1, -0.05) is 0 Å². The molecule has 1 aromatic heterocycles. The van der Waals surface area contributed by atoms with Gasteiger partial charge in [-0.25, -0.2) is 0 Å². The van der Waals surface area contributed by atoms with Crippen LogP contribution in [-0.2, 0) is 12.8 Å². The van der Waals surface area contributed by atoms with Crippen LogP contribution in [0.5, 0.6) is 0 Å². The molecule has 0 aliphatic heterocycles. The lowest BCUT2D eigenvalue weighted by molar-refractivity contribution is 0.0922. The van der Waals surface area contributed by atoms with E-state index in [1.807, 2.05) is 12.3 Å². The number of fused-ring (bicyclic) bond motifs is 1. The Hall–Kier alpha value is -0.870. The summed E-state index contributed by atoms with van der Waals surface area (Å²) in [6.45, 7) is 3.68. The van der Waals surface area contributed by atoms with Crippen LogP contribution in [0.25, 0.3) is 0 Å². The molecule has 100 valence electrons. The average Bonchev–Trinajstić information content (AvgIpc) is 2.71. The average molecular weight is 267 g/mol. The summed E-state index contributed by atoms with van der Waals surface area (Å²) >= 11 is 1.71. The highest BCUT2D eigenvalue weighted by molar-refractivity contribution is 7.10. The van der Waals surface area contributed by atoms with Gasteiger partial charge in [-0.05, 0) is 51.5 Å². The van der Waals surface area contributed by atoms with Gasteiger partial charge in [-0.2, -0.15) is 0 Å². The number of carbonyl (C=O) groups excluding carboxylic acids is 1. The maximum atomic E-state index is 12.2. The molecule has 1 aliphatic rings. The fourth-order valence-electron chi connectivity index (χ4n) is 2.56. The number of carbonyl (C=O) groups is 1. The van der Waals surface area contributed by atoms with Crippen molar-refractivity contribution < 1.29 is 9.90 Å². The minimum absolute atomic E-state index is 0.0108. The second kappa shape index (κ2) is 5.85. The van der Waals surface area contributed by atoms with E-state index in [2.05, 4.69) is 5.32 Å². The topological polar surface area (TPSA) is 49.3 Å². The first-order chi connectivity index (χ1) is 8.58. The number of aryl methyl sites for hydroxylation is 1. The number of nitrogens with one attached hydrogen (secondary N) is 1. The third-order valence-electron chi connectivity index (χ3n) is 3.38. The summed E-state index contributed by atoms with van der Waals surface area (Å²) in [5.41, 5.74) is 2.11. The molecule has 2 atom stereocenters. The maximum Gasteiger partial charge on any atom is 0.252 e. The lowest BCUT2D eigenvalue weighted by Crippen LogP contribution is -2.35. The first-order valence-electron chi connectivity index (χ1n) is 6.66. The van der Waals surface area contributed by atoms with Crippen molar-refractivity contribution in [3.63, 3.8) is 0 Å². The first-order valence-corrected chi connectivity index (χ1v) is 7.54. The molecule has 3 nitrogen and oxygen atoms in total. The van der Waals surface area contributed by atoms with Crippen molar-refractivity contribution in [2.75, 3.05) is 0 Å². The number of hydrogen-bond acceptors (Lipinski definition) is 3. The molecule has 1 heterocycles. The SMILES string of the molecule is CC(O)CC(C)NC(=O)c1csc2c1CCCC2. The number of hydrogen-bond donors (Lipinski definition) is 2. The summed E-state index contributed by atoms with van der Waals surface area (Å²) in [6, 6.07) is 0.0108. The standard InChI is InChI=1S/C14H21NO2S/c1-9(7-10(2)16)15-14(17)12-8-18-13-6-4-3-5-11(12)13/h8-10,16H,3-7H2,1-2H3,(H,15,17). The van der Waals surface area contributed by atoms with Crippen molar-refractivity contribution in [1.29, 1.82) is 0 Å². The van der Waals surface area contributed by atoms with Gasteiger partial charge in [-0.3, -0.25) is 4.79 Å². The van der Waals surface area contributed by atoms with Gasteiger partial charge in [0.25, 0.3) is 5.91 Å². The molecular weight excluding hydrogens is 246 g/mol. The molecule has 1 aliphatic carbocycles. The van der Waals surface area contributed by atoms with Crippen LogP contribution in [0.3, 0.4) is 0 Å². The van der Waals surface area contributed by atoms with Crippen molar-refractivity contribution >= 4 is 17.2 Å². The van der Waals surface area contributed by atoms with Crippen LogP contribution in [0, 0.1) is 0 Å². The molecule has 0 aromatic carbocycles. The zero-order valence-corrected chi connectivity index (χ0v) is 11.8. The quantitative estimate of drug-likeness (QED) is 0.880. The summed E-state index contributed by atoms with van der Waals surface area (Å²) in [5.74, 6) is 0.0163. The Morgan fingerprint density at radius 2 is 2.17 bits per heavy atom. The van der Waals surface area contributed by atoms with Gasteiger partial charge in [0.1, 0.15) is 0 Å². The van der Waals surface area contributed by atoms with Gasteiger partial charge in [0.05, 0.1) is 11.7 Å². The number of rotatable bonds is 4. The Kier molecular flexibility index (Phi) is 4.40. The van der Waals surface area contributed by atoms with Crippen molar-refractivity contribution in [1.82, 2.24) is 5.32 Å². The number of thiophene rings is 1. The van der Waals surface area contributed by atoms with E-state index in [4.69, 9.17) is 0 Å². The van der Waals surface area contributed by atoms with E-state index < -0.39 is 0 Å². The van der Waals surface area contributed by atoms with Crippen LogP contribution in [0.2, 0.25) is 0 Å². The van der Waals surface area contributed by atoms with Gasteiger partial charge in [0, 0.05) is 16.3 Å². The zero-order chi connectivity index (χ0) is 13.1. The Bertz CT molecular complexity index is 425. The molecule has 2 unspecified atom stereocenters. The third-order valence-corrected chi connectivity index (χ3v) is 4.47. The van der Waals surface area contributed by atoms with Crippen LogP contribution in [0.4, 0.5) is 0 Å². The Morgan fingerprint density at radius 3 is 2.89 bits per heavy atom. The lowest BCUT2D eigenvalue weighted by Gasteiger charge is -2.17. The van der Waals surface area contributed by atoms with Crippen LogP contribution in [0.1, 0.15) is 53.9 Å². The summed E-state index contributed by atoms with van der Waals surface area (Å²) < 4.78 is 0. The van der Waals surface area contributed by atoms with E-state index in [9.17, 15) is 9.90 Å². The molecule has 0 fully saturated rings. The van der Waals surface area contributed by atoms with E-state index >= 15 is 0 Å². The first kappa shape index (κ1) is 13.6. The highest BCUT2D eigenvalue weighted by Gasteiger charge is 2.21. The minimum atomic E-state index is -0.378. The van der Waals surface area contributed by atoms with Crippen LogP contribution in [0.15, 0.2) is 5.38 Å². The molecular formula is C14H21NO2S. The molecule has 1 amide bonds. The van der Waals surface area contributed by atoms with Crippen LogP contribution in [-0.4, -0.2) is 23.2 Å². The Morgan fingerprint density at radius 1 is 1.44 bits per heavy atom. The Balaban J connectivity index is 2.03. The van der Waals surface area contributed by atoms with Gasteiger partial charge in [0.15, 0.2) is 0 Å². The zero-order valence-electron chi connectivity index (χ0n) is 11.0. The molecule has 4 heteroatoms. The van der Waals surface area contributed by atoms with Crippen LogP contribution < -0.4 is 5.32 Å². The van der Waals surface area contributed by atoms with Gasteiger partial charge < -0.3 is 10.4 Å². The van der Waals surface area contributed by atoms with Gasteiger partial charge in [-0.15, -0.1) is 11.3 Å². The van der Waals surface area contributed by atoms with Gasteiger partial charge in [0.2, 0.25) is 0 Å². The normalized spacial score (nSPS) is 17.9. The summed E-state index contributed by atoms with van der Waals surface area (Å²) in [7, 11) is 0. The second-order valence-electron chi connectivity index (χ2n) is 5.22. The van der Waals surface area contributed by atoms with E-state index in [1.165, 1.54) is 23.3 Å². The number of amides is 1. The fraction of sp³-hybridized carbons (Fsp3) is 0.643. The largest absolute Gasteiger partial charge is 0.393 e. The summed E-state index contributed by atoms with van der Waals surface area (Å²) in [6.07, 6.45) is 4.80. The monoisotopic (exact) mass is 267 g/mol. The second-order valence-corrected chi connectivity index (χ2v) is 6.18. The molecule has 18 heavy (non-hydrogen) atoms. The highest BCUT2D eigenvalue weighted by atomic mass is 32.1. The minimum Gasteiger partial charge on any atom is -0.393 e. The molecule has 2 N–H and O–H groups in total. The molecule has 0 radical (unpaired) electrons. The van der Waals surface area contributed by atoms with Crippen molar-refractivity contribution in [2.24, 2.45) is 0 Å². The van der Waals surface area contributed by atoms with E-state index in [0.717, 1.165) is 18.4 Å². The predicted molar refractivity (Wildman–Crippen MR) is 74.2 cm³/mol. The van der Waals surface area contributed by atoms with E-state index in [0.29, 0.717) is 6.42 Å². The lowest BCUT2D eigenvalue weighted by atomic mass is 9.95. The van der Waals surface area contributed by atoms with Crippen molar-refractivity contribution in [2.45, 2.75) is 58.1 Å². The van der Waals surface area contributed by atoms with Crippen molar-refractivity contribution in [3.8, 4) is 0 Å². The molecule has 0 saturated heterocycles. The summed E-state index contributed by atoms with van der Waals surface area (Å²) in [5, 5.41) is 14.3. The van der Waals surface area contributed by atoms with E-state index in [1.54, 1.807) is 18.3 Å². The van der Waals surface area contributed by atoms with Gasteiger partial charge >= 0.3 is 0 Å². The molecule has 0 bridgehead atoms. The summed E-state index contributed by atoms with van der Waals surface area (Å²) in [4.78, 5) is 13.6.